The van der Waals surface area contributed by atoms with E-state index in [1.807, 2.05) is 41.0 Å². The zero-order valence-electron chi connectivity index (χ0n) is 19.1. The topological polar surface area (TPSA) is 39.5 Å². The van der Waals surface area contributed by atoms with Gasteiger partial charge in [0.15, 0.2) is 0 Å². The molecule has 7 heteroatoms. The van der Waals surface area contributed by atoms with Crippen molar-refractivity contribution in [3.8, 4) is 5.75 Å². The number of rotatable bonds is 8. The number of fused-ring (bicyclic) bond motifs is 1. The van der Waals surface area contributed by atoms with Crippen molar-refractivity contribution in [2.45, 2.75) is 38.8 Å². The van der Waals surface area contributed by atoms with E-state index in [1.165, 1.54) is 5.56 Å². The molecule has 2 aromatic carbocycles. The van der Waals surface area contributed by atoms with Gasteiger partial charge in [0, 0.05) is 10.4 Å². The van der Waals surface area contributed by atoms with Crippen molar-refractivity contribution in [1.82, 2.24) is 14.5 Å². The molecule has 0 unspecified atom stereocenters. The van der Waals surface area contributed by atoms with Gasteiger partial charge in [-0.1, -0.05) is 30.7 Å². The Morgan fingerprint density at radius 3 is 2.70 bits per heavy atom. The second kappa shape index (κ2) is 9.61. The minimum absolute atomic E-state index is 0.103. The van der Waals surface area contributed by atoms with E-state index < -0.39 is 6.67 Å². The van der Waals surface area contributed by atoms with Crippen LogP contribution in [-0.4, -0.2) is 54.0 Å². The summed E-state index contributed by atoms with van der Waals surface area (Å²) in [6, 6.07) is 14.0. The minimum Gasteiger partial charge on any atom is -0.493 e. The lowest BCUT2D eigenvalue weighted by atomic mass is 9.88. The van der Waals surface area contributed by atoms with Crippen molar-refractivity contribution >= 4 is 22.6 Å². The summed E-state index contributed by atoms with van der Waals surface area (Å²) in [6.45, 7) is 6.97. The number of aromatic nitrogens is 2. The van der Waals surface area contributed by atoms with Gasteiger partial charge in [0.05, 0.1) is 43.9 Å². The summed E-state index contributed by atoms with van der Waals surface area (Å²) in [4.78, 5) is 7.22. The van der Waals surface area contributed by atoms with Crippen molar-refractivity contribution in [2.75, 3.05) is 39.6 Å². The molecule has 2 fully saturated rings. The number of hydrogen-bond donors (Lipinski definition) is 0. The fourth-order valence-electron chi connectivity index (χ4n) is 4.94. The fraction of sp³-hybridized carbons (Fsp3) is 0.500. The first-order chi connectivity index (χ1) is 16.0. The second-order valence-corrected chi connectivity index (χ2v) is 10.1. The Balaban J connectivity index is 1.26. The van der Waals surface area contributed by atoms with E-state index >= 15 is 0 Å². The molecule has 0 N–H and O–H groups in total. The molecule has 3 heterocycles. The maximum Gasteiger partial charge on any atom is 0.124 e. The predicted octanol–water partition coefficient (Wildman–Crippen LogP) is 5.45. The predicted molar refractivity (Wildman–Crippen MR) is 129 cm³/mol. The quantitative estimate of drug-likeness (QED) is 0.437. The number of hydrogen-bond acceptors (Lipinski definition) is 4. The monoisotopic (exact) mass is 471 g/mol. The van der Waals surface area contributed by atoms with Crippen LogP contribution in [0.1, 0.15) is 37.1 Å². The highest BCUT2D eigenvalue weighted by molar-refractivity contribution is 6.30. The highest BCUT2D eigenvalue weighted by Crippen LogP contribution is 2.38. The van der Waals surface area contributed by atoms with Crippen LogP contribution in [0.25, 0.3) is 11.0 Å². The normalized spacial score (nSPS) is 19.0. The minimum atomic E-state index is -0.391. The summed E-state index contributed by atoms with van der Waals surface area (Å²) in [5.74, 6) is 2.29. The van der Waals surface area contributed by atoms with Crippen molar-refractivity contribution in [3.63, 3.8) is 0 Å². The van der Waals surface area contributed by atoms with Gasteiger partial charge in [-0.05, 0) is 67.7 Å². The molecular weight excluding hydrogens is 441 g/mol. The molecule has 0 radical (unpaired) electrons. The number of alkyl halides is 1. The molecule has 2 aliphatic heterocycles. The first-order valence-electron chi connectivity index (χ1n) is 11.8. The Hall–Kier alpha value is -2.15. The molecule has 3 aromatic rings. The maximum atomic E-state index is 13.2. The van der Waals surface area contributed by atoms with Crippen LogP contribution >= 0.6 is 11.6 Å². The van der Waals surface area contributed by atoms with Gasteiger partial charge in [-0.15, -0.1) is 0 Å². The van der Waals surface area contributed by atoms with E-state index in [1.54, 1.807) is 0 Å². The summed E-state index contributed by atoms with van der Waals surface area (Å²) in [7, 11) is 0. The number of benzene rings is 2. The summed E-state index contributed by atoms with van der Waals surface area (Å²) in [5.41, 5.74) is 3.25. The summed E-state index contributed by atoms with van der Waals surface area (Å²) in [5, 5.41) is 0.748. The summed E-state index contributed by atoms with van der Waals surface area (Å²) < 4.78 is 26.9. The number of ether oxygens (including phenoxy) is 2. The third kappa shape index (κ3) is 4.88. The van der Waals surface area contributed by atoms with Crippen LogP contribution < -0.4 is 4.74 Å². The van der Waals surface area contributed by atoms with Crippen LogP contribution in [0, 0.1) is 5.41 Å². The van der Waals surface area contributed by atoms with Crippen LogP contribution in [0.15, 0.2) is 42.5 Å². The molecule has 5 rings (SSSR count). The van der Waals surface area contributed by atoms with Crippen molar-refractivity contribution < 1.29 is 13.9 Å². The molecule has 0 aliphatic carbocycles. The third-order valence-electron chi connectivity index (χ3n) is 6.88. The molecule has 0 atom stereocenters. The second-order valence-electron chi connectivity index (χ2n) is 9.68. The van der Waals surface area contributed by atoms with Crippen LogP contribution in [-0.2, 0) is 17.8 Å². The average Bonchev–Trinajstić information content (AvgIpc) is 3.15. The first-order valence-corrected chi connectivity index (χ1v) is 12.1. The molecule has 0 spiro atoms. The van der Waals surface area contributed by atoms with E-state index in [0.29, 0.717) is 19.1 Å². The SMILES string of the molecule is CC1(COc2ccc(Cl)cc2C2CCN(Cc3nc4ccccc4n3CCF)CC2)COC1. The maximum absolute atomic E-state index is 13.2. The van der Waals surface area contributed by atoms with Crippen LogP contribution in [0.4, 0.5) is 4.39 Å². The number of halogens is 2. The summed E-state index contributed by atoms with van der Waals surface area (Å²) >= 11 is 6.36. The Bertz CT molecular complexity index is 1110. The molecule has 5 nitrogen and oxygen atoms in total. The molecule has 2 aliphatic rings. The lowest BCUT2D eigenvalue weighted by Crippen LogP contribution is -2.44. The third-order valence-corrected chi connectivity index (χ3v) is 7.12. The van der Waals surface area contributed by atoms with E-state index in [4.69, 9.17) is 26.1 Å². The smallest absolute Gasteiger partial charge is 0.124 e. The first kappa shape index (κ1) is 22.6. The Morgan fingerprint density at radius 1 is 1.18 bits per heavy atom. The largest absolute Gasteiger partial charge is 0.493 e. The molecular formula is C26H31ClFN3O2. The van der Waals surface area contributed by atoms with E-state index in [0.717, 1.165) is 73.3 Å². The molecule has 1 aromatic heterocycles. The van der Waals surface area contributed by atoms with Crippen LogP contribution in [0.2, 0.25) is 5.02 Å². The lowest BCUT2D eigenvalue weighted by Gasteiger charge is -2.38. The molecule has 2 saturated heterocycles. The van der Waals surface area contributed by atoms with Crippen LogP contribution in [0.5, 0.6) is 5.75 Å². The van der Waals surface area contributed by atoms with E-state index in [-0.39, 0.29) is 5.41 Å². The van der Waals surface area contributed by atoms with Gasteiger partial charge in [-0.25, -0.2) is 9.37 Å². The lowest BCUT2D eigenvalue weighted by molar-refractivity contribution is -0.120. The van der Waals surface area contributed by atoms with E-state index in [2.05, 4.69) is 17.9 Å². The summed E-state index contributed by atoms with van der Waals surface area (Å²) in [6.07, 6.45) is 2.06. The van der Waals surface area contributed by atoms with Gasteiger partial charge in [0.1, 0.15) is 18.2 Å². The standard InChI is InChI=1S/C26H31ClFN3O2/c1-26(16-32-17-26)18-33-24-7-6-20(27)14-21(24)19-8-11-30(12-9-19)15-25-29-22-4-2-3-5-23(22)31(25)13-10-28/h2-7,14,19H,8-13,15-18H2,1H3. The highest BCUT2D eigenvalue weighted by atomic mass is 35.5. The van der Waals surface area contributed by atoms with Gasteiger partial charge < -0.3 is 14.0 Å². The zero-order valence-corrected chi connectivity index (χ0v) is 19.9. The van der Waals surface area contributed by atoms with Gasteiger partial charge in [0.25, 0.3) is 0 Å². The molecule has 0 amide bonds. The Morgan fingerprint density at radius 2 is 1.97 bits per heavy atom. The van der Waals surface area contributed by atoms with Crippen molar-refractivity contribution in [1.29, 1.82) is 0 Å². The number of aryl methyl sites for hydroxylation is 1. The number of likely N-dealkylation sites (tertiary alicyclic amines) is 1. The number of piperidine rings is 1. The van der Waals surface area contributed by atoms with E-state index in [9.17, 15) is 4.39 Å². The van der Waals surface area contributed by atoms with Crippen molar-refractivity contribution in [2.24, 2.45) is 5.41 Å². The van der Waals surface area contributed by atoms with Crippen molar-refractivity contribution in [3.05, 3.63) is 58.9 Å². The molecule has 176 valence electrons. The van der Waals surface area contributed by atoms with Gasteiger partial charge in [-0.3, -0.25) is 4.90 Å². The molecule has 0 saturated carbocycles. The average molecular weight is 472 g/mol. The fourth-order valence-corrected chi connectivity index (χ4v) is 5.12. The number of imidazole rings is 1. The zero-order chi connectivity index (χ0) is 22.8. The van der Waals surface area contributed by atoms with Gasteiger partial charge in [-0.2, -0.15) is 0 Å². The number of para-hydroxylation sites is 2. The Labute approximate surface area is 199 Å². The molecule has 0 bridgehead atoms. The van der Waals surface area contributed by atoms with Gasteiger partial charge in [0.2, 0.25) is 0 Å². The Kier molecular flexibility index (Phi) is 6.59. The number of nitrogens with zero attached hydrogens (tertiary/aromatic N) is 3. The van der Waals surface area contributed by atoms with Gasteiger partial charge >= 0.3 is 0 Å². The molecule has 33 heavy (non-hydrogen) atoms. The highest BCUT2D eigenvalue weighted by Gasteiger charge is 2.35. The van der Waals surface area contributed by atoms with Crippen LogP contribution in [0.3, 0.4) is 0 Å².